The number of carbonyl (C=O) groups excluding carboxylic acids is 3. The largest absolute Gasteiger partial charge is 0.506 e. The van der Waals surface area contributed by atoms with Crippen LogP contribution in [0.15, 0.2) is 46.6 Å². The van der Waals surface area contributed by atoms with Crippen LogP contribution in [0.3, 0.4) is 0 Å². The highest BCUT2D eigenvalue weighted by Gasteiger charge is 2.47. The first-order chi connectivity index (χ1) is 18.9. The monoisotopic (exact) mass is 692 g/mol. The summed E-state index contributed by atoms with van der Waals surface area (Å²) in [6.07, 6.45) is 8.22. The third-order valence-electron chi connectivity index (χ3n) is 6.83. The maximum Gasteiger partial charge on any atom is 0.267 e. The molecule has 0 aromatic heterocycles. The zero-order chi connectivity index (χ0) is 28.9. The van der Waals surface area contributed by atoms with Gasteiger partial charge in [-0.05, 0) is 12.2 Å². The van der Waals surface area contributed by atoms with Crippen molar-refractivity contribution in [3.63, 3.8) is 0 Å². The third-order valence-corrected chi connectivity index (χ3v) is 10.4. The maximum absolute atomic E-state index is 13.5. The zero-order valence-electron chi connectivity index (χ0n) is 19.1. The molecule has 2 atom stereocenters. The lowest BCUT2D eigenvalue weighted by atomic mass is 9.87. The highest BCUT2D eigenvalue weighted by molar-refractivity contribution is 6.56. The molecule has 2 unspecified atom stereocenters. The molecular weight excluding hydrogens is 688 g/mol. The molecule has 2 aliphatic heterocycles. The van der Waals surface area contributed by atoms with E-state index in [0.717, 1.165) is 4.90 Å². The zero-order valence-corrected chi connectivity index (χ0v) is 25.2. The molecule has 0 saturated heterocycles. The summed E-state index contributed by atoms with van der Waals surface area (Å²) in [5.74, 6) is -3.13. The van der Waals surface area contributed by atoms with E-state index in [1.807, 2.05) is 0 Å². The molecule has 2 heterocycles. The lowest BCUT2D eigenvalue weighted by Gasteiger charge is -2.31. The number of allylic oxidation sites excluding steroid dienone is 4. The van der Waals surface area contributed by atoms with Gasteiger partial charge in [0.05, 0.1) is 79.4 Å². The number of hydrogen-bond acceptors (Lipinski definition) is 5. The first kappa shape index (κ1) is 28.1. The summed E-state index contributed by atoms with van der Waals surface area (Å²) >= 11 is 49.7. The number of carbonyl (C=O) groups is 3. The minimum atomic E-state index is -0.870. The minimum Gasteiger partial charge on any atom is -0.506 e. The number of fused-ring (bicyclic) bond motifs is 3. The second-order valence-electron chi connectivity index (χ2n) is 8.88. The van der Waals surface area contributed by atoms with E-state index in [1.165, 1.54) is 12.2 Å². The first-order valence-corrected chi connectivity index (χ1v) is 14.1. The normalized spacial score (nSPS) is 21.2. The van der Waals surface area contributed by atoms with Crippen molar-refractivity contribution in [3.8, 4) is 0 Å². The van der Waals surface area contributed by atoms with Crippen molar-refractivity contribution in [1.82, 2.24) is 4.90 Å². The van der Waals surface area contributed by atoms with Gasteiger partial charge in [-0.1, -0.05) is 111 Å². The SMILES string of the molecule is O=C1C(C2=NC3C(N4C(=O)c5c(Cl)c(Cl)c(Cl)c(Cl)c5C4=O)=CC=CC3C=C2)=C(O)c2c(Cl)c(Cl)c(Cl)c(Cl)c21. The number of benzene rings is 2. The number of imide groups is 1. The van der Waals surface area contributed by atoms with Crippen LogP contribution in [-0.4, -0.2) is 39.4 Å². The van der Waals surface area contributed by atoms with Gasteiger partial charge in [0, 0.05) is 5.92 Å². The van der Waals surface area contributed by atoms with Gasteiger partial charge >= 0.3 is 0 Å². The van der Waals surface area contributed by atoms with Crippen LogP contribution in [0, 0.1) is 5.92 Å². The van der Waals surface area contributed by atoms with Crippen molar-refractivity contribution in [2.45, 2.75) is 6.04 Å². The molecule has 2 aromatic rings. The lowest BCUT2D eigenvalue weighted by Crippen LogP contribution is -2.39. The summed E-state index contributed by atoms with van der Waals surface area (Å²) in [7, 11) is 0. The topological polar surface area (TPSA) is 87.0 Å². The van der Waals surface area contributed by atoms with Crippen LogP contribution in [0.2, 0.25) is 40.2 Å². The third kappa shape index (κ3) is 3.71. The van der Waals surface area contributed by atoms with E-state index in [0.29, 0.717) is 0 Å². The van der Waals surface area contributed by atoms with Crippen LogP contribution in [0.1, 0.15) is 36.6 Å². The number of dihydropyridines is 1. The maximum atomic E-state index is 13.5. The van der Waals surface area contributed by atoms with Gasteiger partial charge in [-0.2, -0.15) is 0 Å². The molecule has 6 rings (SSSR count). The molecule has 4 aliphatic rings. The quantitative estimate of drug-likeness (QED) is 0.193. The number of halogens is 8. The van der Waals surface area contributed by atoms with Gasteiger partial charge in [-0.3, -0.25) is 19.4 Å². The number of Topliss-reactive ketones (excluding diaryl/α,β-unsaturated/α-hetero) is 1. The second-order valence-corrected chi connectivity index (χ2v) is 11.9. The molecule has 2 amide bonds. The Labute approximate surface area is 265 Å². The van der Waals surface area contributed by atoms with Gasteiger partial charge in [-0.15, -0.1) is 0 Å². The van der Waals surface area contributed by atoms with Crippen LogP contribution in [0.25, 0.3) is 5.76 Å². The lowest BCUT2D eigenvalue weighted by molar-refractivity contribution is 0.0692. The highest BCUT2D eigenvalue weighted by Crippen LogP contribution is 2.49. The molecule has 1 N–H and O–H groups in total. The predicted octanol–water partition coefficient (Wildman–Crippen LogP) is 9.12. The fourth-order valence-corrected chi connectivity index (χ4v) is 7.04. The van der Waals surface area contributed by atoms with Gasteiger partial charge in [-0.25, -0.2) is 4.90 Å². The fraction of sp³-hybridized carbons (Fsp3) is 0.0769. The van der Waals surface area contributed by atoms with Crippen LogP contribution < -0.4 is 0 Å². The van der Waals surface area contributed by atoms with E-state index in [1.54, 1.807) is 18.2 Å². The summed E-state index contributed by atoms with van der Waals surface area (Å²) in [4.78, 5) is 46.0. The van der Waals surface area contributed by atoms with Crippen LogP contribution in [0.4, 0.5) is 0 Å². The summed E-state index contributed by atoms with van der Waals surface area (Å²) < 4.78 is 0. The van der Waals surface area contributed by atoms with E-state index >= 15 is 0 Å². The molecular formula is C26H8Cl8N2O4. The van der Waals surface area contributed by atoms with Gasteiger partial charge < -0.3 is 5.11 Å². The molecule has 0 radical (unpaired) electrons. The Balaban J connectivity index is 1.45. The number of nitrogens with zero attached hydrogens (tertiary/aromatic N) is 2. The molecule has 202 valence electrons. The Kier molecular flexibility index (Phi) is 6.88. The number of ketones is 1. The van der Waals surface area contributed by atoms with E-state index in [4.69, 9.17) is 92.8 Å². The van der Waals surface area contributed by atoms with E-state index in [2.05, 4.69) is 4.99 Å². The summed E-state index contributed by atoms with van der Waals surface area (Å²) in [5.41, 5.74) is -0.541. The van der Waals surface area contributed by atoms with Gasteiger partial charge in [0.15, 0.2) is 0 Å². The van der Waals surface area contributed by atoms with Crippen molar-refractivity contribution >= 4 is 122 Å². The number of rotatable bonds is 2. The van der Waals surface area contributed by atoms with E-state index in [9.17, 15) is 19.5 Å². The predicted molar refractivity (Wildman–Crippen MR) is 158 cm³/mol. The van der Waals surface area contributed by atoms with Crippen molar-refractivity contribution in [2.24, 2.45) is 10.9 Å². The molecule has 40 heavy (non-hydrogen) atoms. The fourth-order valence-electron chi connectivity index (χ4n) is 5.00. The number of hydrogen-bond donors (Lipinski definition) is 1. The smallest absolute Gasteiger partial charge is 0.267 e. The van der Waals surface area contributed by atoms with Crippen molar-refractivity contribution in [2.75, 3.05) is 0 Å². The molecule has 0 fully saturated rings. The summed E-state index contributed by atoms with van der Waals surface area (Å²) in [6, 6.07) is -0.870. The summed E-state index contributed by atoms with van der Waals surface area (Å²) in [6.45, 7) is 0. The number of aliphatic hydroxyl groups is 1. The Morgan fingerprint density at radius 3 is 1.73 bits per heavy atom. The Morgan fingerprint density at radius 2 is 1.18 bits per heavy atom. The van der Waals surface area contributed by atoms with E-state index in [-0.39, 0.29) is 79.4 Å². The van der Waals surface area contributed by atoms with Gasteiger partial charge in [0.25, 0.3) is 11.8 Å². The molecule has 0 saturated carbocycles. The second kappa shape index (κ2) is 9.79. The van der Waals surface area contributed by atoms with Crippen molar-refractivity contribution < 1.29 is 19.5 Å². The number of aliphatic hydroxyl groups excluding tert-OH is 1. The minimum absolute atomic E-state index is 0.0549. The Hall–Kier alpha value is -2.00. The molecule has 2 aromatic carbocycles. The highest BCUT2D eigenvalue weighted by atomic mass is 35.5. The Bertz CT molecular complexity index is 1770. The van der Waals surface area contributed by atoms with Crippen molar-refractivity contribution in [1.29, 1.82) is 0 Å². The van der Waals surface area contributed by atoms with Crippen LogP contribution in [0.5, 0.6) is 0 Å². The first-order valence-electron chi connectivity index (χ1n) is 11.1. The molecule has 0 bridgehead atoms. The summed E-state index contributed by atoms with van der Waals surface area (Å²) in [5, 5.41) is 9.74. The molecule has 0 spiro atoms. The molecule has 14 heteroatoms. The van der Waals surface area contributed by atoms with Gasteiger partial charge in [0.1, 0.15) is 11.8 Å². The van der Waals surface area contributed by atoms with Crippen LogP contribution in [-0.2, 0) is 0 Å². The van der Waals surface area contributed by atoms with E-state index < -0.39 is 35.3 Å². The average molecular weight is 696 g/mol. The van der Waals surface area contributed by atoms with Crippen LogP contribution >= 0.6 is 92.8 Å². The number of aliphatic imine (C=N–C) groups is 1. The van der Waals surface area contributed by atoms with Crippen molar-refractivity contribution in [3.05, 3.63) is 104 Å². The average Bonchev–Trinajstić information content (AvgIpc) is 3.35. The standard InChI is InChI=1S/C26H8Cl8N2O4/c27-14-10-11(15(28)19(32)18(14)31)24(38)9(23(10)37)7-5-4-6-2-1-3-8(22(6)35-7)36-25(39)12-13(26(36)40)17(30)21(34)20(33)16(12)29/h1-6,22,37H. The molecule has 2 aliphatic carbocycles. The Morgan fingerprint density at radius 1 is 0.675 bits per heavy atom. The molecule has 6 nitrogen and oxygen atoms in total. The van der Waals surface area contributed by atoms with Gasteiger partial charge in [0.2, 0.25) is 5.78 Å². The number of amides is 2.